The summed E-state index contributed by atoms with van der Waals surface area (Å²) in [7, 11) is 1.90. The molecule has 11 heteroatoms. The molecule has 1 aromatic rings. The van der Waals surface area contributed by atoms with E-state index in [9.17, 15) is 18.0 Å². The molecule has 3 fully saturated rings. The average Bonchev–Trinajstić information content (AvgIpc) is 3.32. The van der Waals surface area contributed by atoms with Crippen LogP contribution in [0.5, 0.6) is 0 Å². The maximum atomic E-state index is 12.5. The van der Waals surface area contributed by atoms with Crippen LogP contribution < -0.4 is 4.90 Å². The summed E-state index contributed by atoms with van der Waals surface area (Å²) < 4.78 is 39.0. The second kappa shape index (κ2) is 8.70. The number of carbonyl (C=O) groups is 2. The fourth-order valence-electron chi connectivity index (χ4n) is 4.28. The molecule has 0 aliphatic carbocycles. The SMILES string of the molecule is Cn1cc(N2C(=O)C[C@@H]3[C@@H]2CCN3CC2CCOCC2)cn1.O=C(O)C(F)(F)F. The molecule has 8 nitrogen and oxygen atoms in total. The number of nitrogens with zero attached hydrogens (tertiary/aromatic N) is 4. The molecule has 2 atom stereocenters. The Morgan fingerprint density at radius 2 is 1.93 bits per heavy atom. The number of alkyl halides is 3. The molecule has 0 unspecified atom stereocenters. The van der Waals surface area contributed by atoms with E-state index in [1.165, 1.54) is 0 Å². The first-order valence-electron chi connectivity index (χ1n) is 9.59. The first-order valence-corrected chi connectivity index (χ1v) is 9.59. The molecule has 0 saturated carbocycles. The fraction of sp³-hybridized carbons (Fsp3) is 0.722. The number of aromatic nitrogens is 2. The zero-order valence-corrected chi connectivity index (χ0v) is 16.1. The van der Waals surface area contributed by atoms with Gasteiger partial charge in [0.2, 0.25) is 5.91 Å². The van der Waals surface area contributed by atoms with Gasteiger partial charge in [0.15, 0.2) is 0 Å². The summed E-state index contributed by atoms with van der Waals surface area (Å²) in [5, 5.41) is 11.3. The number of aliphatic carboxylic acids is 1. The number of likely N-dealkylation sites (tertiary alicyclic amines) is 1. The van der Waals surface area contributed by atoms with Crippen molar-refractivity contribution < 1.29 is 32.6 Å². The molecule has 3 saturated heterocycles. The van der Waals surface area contributed by atoms with Crippen LogP contribution in [0, 0.1) is 5.92 Å². The van der Waals surface area contributed by atoms with Crippen LogP contribution in [0.3, 0.4) is 0 Å². The van der Waals surface area contributed by atoms with Gasteiger partial charge in [-0.05, 0) is 25.2 Å². The maximum absolute atomic E-state index is 12.5. The third-order valence-electron chi connectivity index (χ3n) is 5.65. The van der Waals surface area contributed by atoms with E-state index in [0.717, 1.165) is 57.2 Å². The minimum Gasteiger partial charge on any atom is -0.475 e. The lowest BCUT2D eigenvalue weighted by Gasteiger charge is -2.30. The Bertz CT molecular complexity index is 733. The zero-order chi connectivity index (χ0) is 21.2. The van der Waals surface area contributed by atoms with Crippen molar-refractivity contribution in [2.45, 2.75) is 43.9 Å². The summed E-state index contributed by atoms with van der Waals surface area (Å²) in [4.78, 5) is 25.9. The van der Waals surface area contributed by atoms with Gasteiger partial charge in [-0.3, -0.25) is 14.4 Å². The fourth-order valence-corrected chi connectivity index (χ4v) is 4.28. The highest BCUT2D eigenvalue weighted by Gasteiger charge is 2.47. The molecular formula is C18H25F3N4O4. The number of rotatable bonds is 3. The van der Waals surface area contributed by atoms with Crippen molar-refractivity contribution in [2.75, 3.05) is 31.2 Å². The van der Waals surface area contributed by atoms with Crippen LogP contribution in [-0.2, 0) is 21.4 Å². The van der Waals surface area contributed by atoms with E-state index in [0.29, 0.717) is 18.5 Å². The van der Waals surface area contributed by atoms with Crippen molar-refractivity contribution in [3.8, 4) is 0 Å². The molecule has 1 N–H and O–H groups in total. The van der Waals surface area contributed by atoms with Gasteiger partial charge in [-0.25, -0.2) is 4.79 Å². The van der Waals surface area contributed by atoms with Gasteiger partial charge < -0.3 is 14.7 Å². The van der Waals surface area contributed by atoms with E-state index in [1.807, 2.05) is 18.1 Å². The molecule has 4 heterocycles. The maximum Gasteiger partial charge on any atom is 0.490 e. The second-order valence-corrected chi connectivity index (χ2v) is 7.62. The molecule has 0 radical (unpaired) electrons. The van der Waals surface area contributed by atoms with Gasteiger partial charge >= 0.3 is 12.1 Å². The van der Waals surface area contributed by atoms with Gasteiger partial charge in [0.05, 0.1) is 17.9 Å². The number of carbonyl (C=O) groups excluding carboxylic acids is 1. The van der Waals surface area contributed by atoms with Crippen molar-refractivity contribution in [1.29, 1.82) is 0 Å². The minimum absolute atomic E-state index is 0.250. The number of hydrogen-bond donors (Lipinski definition) is 1. The highest BCUT2D eigenvalue weighted by molar-refractivity contribution is 5.97. The quantitative estimate of drug-likeness (QED) is 0.803. The van der Waals surface area contributed by atoms with Crippen LogP contribution in [0.4, 0.5) is 18.9 Å². The van der Waals surface area contributed by atoms with Gasteiger partial charge in [-0.1, -0.05) is 0 Å². The number of ether oxygens (including phenoxy) is 1. The number of amides is 1. The van der Waals surface area contributed by atoms with Crippen molar-refractivity contribution in [3.63, 3.8) is 0 Å². The van der Waals surface area contributed by atoms with E-state index in [4.69, 9.17) is 14.6 Å². The van der Waals surface area contributed by atoms with Gasteiger partial charge in [0.1, 0.15) is 0 Å². The van der Waals surface area contributed by atoms with E-state index in [1.54, 1.807) is 10.9 Å². The minimum atomic E-state index is -5.08. The molecule has 1 aromatic heterocycles. The summed E-state index contributed by atoms with van der Waals surface area (Å²) >= 11 is 0. The molecule has 3 aliphatic rings. The number of hydrogen-bond acceptors (Lipinski definition) is 5. The van der Waals surface area contributed by atoms with Gasteiger partial charge in [0, 0.05) is 52.0 Å². The van der Waals surface area contributed by atoms with E-state index in [2.05, 4.69) is 10.00 Å². The Balaban J connectivity index is 0.000000298. The largest absolute Gasteiger partial charge is 0.490 e. The number of carboxylic acid groups (broad SMARTS) is 1. The molecule has 0 spiro atoms. The first-order chi connectivity index (χ1) is 13.7. The molecule has 0 bridgehead atoms. The molecule has 3 aliphatic heterocycles. The van der Waals surface area contributed by atoms with Crippen LogP contribution in [0.15, 0.2) is 12.4 Å². The predicted octanol–water partition coefficient (Wildman–Crippen LogP) is 1.66. The lowest BCUT2D eigenvalue weighted by Crippen LogP contribution is -2.39. The second-order valence-electron chi connectivity index (χ2n) is 7.62. The molecule has 29 heavy (non-hydrogen) atoms. The van der Waals surface area contributed by atoms with Gasteiger partial charge in [-0.2, -0.15) is 18.3 Å². The van der Waals surface area contributed by atoms with Crippen LogP contribution in [0.1, 0.15) is 25.7 Å². The number of fused-ring (bicyclic) bond motifs is 1. The summed E-state index contributed by atoms with van der Waals surface area (Å²) in [6.45, 7) is 4.02. The number of halogens is 3. The Hall–Kier alpha value is -2.14. The Morgan fingerprint density at radius 1 is 1.28 bits per heavy atom. The van der Waals surface area contributed by atoms with Crippen molar-refractivity contribution in [3.05, 3.63) is 12.4 Å². The number of anilines is 1. The van der Waals surface area contributed by atoms with Crippen molar-refractivity contribution in [2.24, 2.45) is 13.0 Å². The lowest BCUT2D eigenvalue weighted by atomic mass is 9.99. The summed E-state index contributed by atoms with van der Waals surface area (Å²) in [5.74, 6) is -1.78. The van der Waals surface area contributed by atoms with Gasteiger partial charge in [0.25, 0.3) is 0 Å². The van der Waals surface area contributed by atoms with Gasteiger partial charge in [-0.15, -0.1) is 0 Å². The third-order valence-corrected chi connectivity index (χ3v) is 5.65. The summed E-state index contributed by atoms with van der Waals surface area (Å²) in [5.41, 5.74) is 0.952. The molecule has 4 rings (SSSR count). The smallest absolute Gasteiger partial charge is 0.475 e. The molecule has 1 amide bonds. The van der Waals surface area contributed by atoms with Crippen molar-refractivity contribution in [1.82, 2.24) is 14.7 Å². The summed E-state index contributed by atoms with van der Waals surface area (Å²) in [6, 6.07) is 0.715. The van der Waals surface area contributed by atoms with Crippen molar-refractivity contribution >= 4 is 17.6 Å². The van der Waals surface area contributed by atoms with Crippen LogP contribution in [-0.4, -0.2) is 76.2 Å². The topological polar surface area (TPSA) is 87.9 Å². The molecule has 0 aromatic carbocycles. The monoisotopic (exact) mass is 418 g/mol. The van der Waals surface area contributed by atoms with Crippen LogP contribution in [0.2, 0.25) is 0 Å². The zero-order valence-electron chi connectivity index (χ0n) is 16.1. The number of aryl methyl sites for hydroxylation is 1. The van der Waals surface area contributed by atoms with E-state index >= 15 is 0 Å². The first kappa shape index (κ1) is 21.6. The normalized spacial score (nSPS) is 25.7. The third kappa shape index (κ3) is 5.08. The number of carboxylic acids is 1. The molecular weight excluding hydrogens is 393 g/mol. The highest BCUT2D eigenvalue weighted by atomic mass is 19.4. The Morgan fingerprint density at radius 3 is 2.48 bits per heavy atom. The lowest BCUT2D eigenvalue weighted by molar-refractivity contribution is -0.192. The summed E-state index contributed by atoms with van der Waals surface area (Å²) in [6.07, 6.45) is 2.72. The Labute approximate surface area is 166 Å². The molecule has 162 valence electrons. The Kier molecular flexibility index (Phi) is 6.47. The highest BCUT2D eigenvalue weighted by Crippen LogP contribution is 2.36. The predicted molar refractivity (Wildman–Crippen MR) is 96.3 cm³/mol. The van der Waals surface area contributed by atoms with E-state index < -0.39 is 12.1 Å². The van der Waals surface area contributed by atoms with E-state index in [-0.39, 0.29) is 5.91 Å². The van der Waals surface area contributed by atoms with Crippen LogP contribution in [0.25, 0.3) is 0 Å². The standard InChI is InChI=1S/C16H24N4O2.C2HF3O2/c1-18-11-13(9-17-18)20-14-2-5-19(15(14)8-16(20)21)10-12-3-6-22-7-4-12;3-2(4,5)1(6)7/h9,11-12,14-15H,2-8,10H2,1H3;(H,6,7)/t14-,15+;/m0./s1. The van der Waals surface area contributed by atoms with Crippen LogP contribution >= 0.6 is 0 Å². The average molecular weight is 418 g/mol.